The predicted molar refractivity (Wildman–Crippen MR) is 96.9 cm³/mol. The molecule has 8 heteroatoms. The number of aliphatic hydroxyl groups is 1. The second kappa shape index (κ2) is 8.44. The maximum absolute atomic E-state index is 11.8. The molecular formula is C17H28N6O2. The lowest BCUT2D eigenvalue weighted by Gasteiger charge is -2.36. The van der Waals surface area contributed by atoms with E-state index in [9.17, 15) is 4.79 Å². The Kier molecular flexibility index (Phi) is 6.04. The molecule has 0 spiro atoms. The topological polar surface area (TPSA) is 76.0 Å². The number of β-amino-alcohol motifs (C(OH)–C–C–N with tert-alkyl or cyclic N) is 1. The van der Waals surface area contributed by atoms with Crippen molar-refractivity contribution in [2.75, 3.05) is 75.3 Å². The van der Waals surface area contributed by atoms with Crippen molar-refractivity contribution in [1.82, 2.24) is 20.0 Å². The Balaban J connectivity index is 1.52. The molecule has 1 N–H and O–H groups in total. The number of hydrogen-bond acceptors (Lipinski definition) is 7. The van der Waals surface area contributed by atoms with Gasteiger partial charge in [-0.1, -0.05) is 6.92 Å². The van der Waals surface area contributed by atoms with Gasteiger partial charge in [-0.05, 0) is 12.1 Å². The first-order valence-electron chi connectivity index (χ1n) is 9.16. The predicted octanol–water partition coefficient (Wildman–Crippen LogP) is -0.350. The highest BCUT2D eigenvalue weighted by Crippen LogP contribution is 2.18. The summed E-state index contributed by atoms with van der Waals surface area (Å²) < 4.78 is 0. The second-order valence-electron chi connectivity index (χ2n) is 6.52. The number of aromatic nitrogens is 2. The number of rotatable bonds is 5. The van der Waals surface area contributed by atoms with Crippen molar-refractivity contribution in [2.24, 2.45) is 0 Å². The number of anilines is 2. The summed E-state index contributed by atoms with van der Waals surface area (Å²) in [7, 11) is 0. The molecule has 3 rings (SSSR count). The van der Waals surface area contributed by atoms with Crippen LogP contribution >= 0.6 is 0 Å². The Hall–Kier alpha value is -1.93. The number of nitrogens with zero attached hydrogens (tertiary/aromatic N) is 6. The fraction of sp³-hybridized carbons (Fsp3) is 0.706. The normalized spacial score (nSPS) is 19.4. The van der Waals surface area contributed by atoms with Crippen molar-refractivity contribution < 1.29 is 9.90 Å². The Morgan fingerprint density at radius 1 is 0.960 bits per heavy atom. The molecule has 1 aromatic rings. The molecule has 0 aromatic carbocycles. The van der Waals surface area contributed by atoms with Gasteiger partial charge in [0.2, 0.25) is 5.91 Å². The van der Waals surface area contributed by atoms with Gasteiger partial charge in [-0.15, -0.1) is 10.2 Å². The molecule has 0 saturated carbocycles. The van der Waals surface area contributed by atoms with Crippen molar-refractivity contribution >= 4 is 17.5 Å². The van der Waals surface area contributed by atoms with Gasteiger partial charge in [-0.2, -0.15) is 0 Å². The van der Waals surface area contributed by atoms with E-state index >= 15 is 0 Å². The Morgan fingerprint density at radius 3 is 1.92 bits per heavy atom. The zero-order valence-electron chi connectivity index (χ0n) is 15.0. The van der Waals surface area contributed by atoms with E-state index in [0.717, 1.165) is 70.5 Å². The van der Waals surface area contributed by atoms with Crippen molar-refractivity contribution in [1.29, 1.82) is 0 Å². The van der Waals surface area contributed by atoms with Crippen molar-refractivity contribution in [3.8, 4) is 0 Å². The van der Waals surface area contributed by atoms with E-state index in [4.69, 9.17) is 5.11 Å². The molecule has 2 saturated heterocycles. The summed E-state index contributed by atoms with van der Waals surface area (Å²) in [4.78, 5) is 20.4. The molecule has 0 radical (unpaired) electrons. The fourth-order valence-electron chi connectivity index (χ4n) is 3.41. The molecule has 138 valence electrons. The monoisotopic (exact) mass is 348 g/mol. The number of piperazine rings is 2. The minimum absolute atomic E-state index is 0.214. The Labute approximate surface area is 149 Å². The van der Waals surface area contributed by atoms with Crippen LogP contribution in [0.3, 0.4) is 0 Å². The molecule has 2 aliphatic rings. The molecule has 1 aromatic heterocycles. The van der Waals surface area contributed by atoms with Crippen LogP contribution < -0.4 is 9.80 Å². The number of amides is 1. The van der Waals surface area contributed by atoms with Gasteiger partial charge in [0, 0.05) is 65.3 Å². The maximum Gasteiger partial charge on any atom is 0.222 e. The summed E-state index contributed by atoms with van der Waals surface area (Å²) in [5.74, 6) is 2.01. The largest absolute Gasteiger partial charge is 0.395 e. The highest BCUT2D eigenvalue weighted by molar-refractivity contribution is 5.76. The van der Waals surface area contributed by atoms with E-state index in [2.05, 4.69) is 24.9 Å². The molecule has 8 nitrogen and oxygen atoms in total. The van der Waals surface area contributed by atoms with Crippen LogP contribution in [0.4, 0.5) is 11.6 Å². The highest BCUT2D eigenvalue weighted by Gasteiger charge is 2.22. The van der Waals surface area contributed by atoms with E-state index < -0.39 is 0 Å². The lowest BCUT2D eigenvalue weighted by Crippen LogP contribution is -2.49. The highest BCUT2D eigenvalue weighted by atomic mass is 16.3. The van der Waals surface area contributed by atoms with Gasteiger partial charge in [-0.25, -0.2) is 0 Å². The first-order chi connectivity index (χ1) is 12.2. The molecule has 2 fully saturated rings. The molecule has 3 heterocycles. The quantitative estimate of drug-likeness (QED) is 0.779. The van der Waals surface area contributed by atoms with E-state index in [1.807, 2.05) is 24.0 Å². The zero-order valence-corrected chi connectivity index (χ0v) is 15.0. The van der Waals surface area contributed by atoms with Crippen LogP contribution in [0.2, 0.25) is 0 Å². The molecule has 25 heavy (non-hydrogen) atoms. The SMILES string of the molecule is CCC(=O)N1CCN(c2ccc(N3CCN(CCO)CC3)nn2)CC1. The van der Waals surface area contributed by atoms with Gasteiger partial charge in [0.15, 0.2) is 11.6 Å². The van der Waals surface area contributed by atoms with Crippen LogP contribution in [0.1, 0.15) is 13.3 Å². The Bertz CT molecular complexity index is 551. The number of hydrogen-bond donors (Lipinski definition) is 1. The smallest absolute Gasteiger partial charge is 0.222 e. The molecule has 1 amide bonds. The first-order valence-corrected chi connectivity index (χ1v) is 9.16. The maximum atomic E-state index is 11.8. The summed E-state index contributed by atoms with van der Waals surface area (Å²) in [6, 6.07) is 4.06. The first kappa shape index (κ1) is 17.9. The molecule has 0 bridgehead atoms. The van der Waals surface area contributed by atoms with Crippen molar-refractivity contribution in [3.05, 3.63) is 12.1 Å². The summed E-state index contributed by atoms with van der Waals surface area (Å²) in [5, 5.41) is 17.8. The molecular weight excluding hydrogens is 320 g/mol. The van der Waals surface area contributed by atoms with Gasteiger partial charge in [0.05, 0.1) is 6.61 Å². The molecule has 0 unspecified atom stereocenters. The third kappa shape index (κ3) is 4.38. The molecule has 2 aliphatic heterocycles. The average Bonchev–Trinajstić information content (AvgIpc) is 2.68. The minimum atomic E-state index is 0.214. The van der Waals surface area contributed by atoms with E-state index in [-0.39, 0.29) is 12.5 Å². The average molecular weight is 348 g/mol. The van der Waals surface area contributed by atoms with Gasteiger partial charge < -0.3 is 19.8 Å². The lowest BCUT2D eigenvalue weighted by molar-refractivity contribution is -0.131. The van der Waals surface area contributed by atoms with Crippen LogP contribution in [0.5, 0.6) is 0 Å². The van der Waals surface area contributed by atoms with Gasteiger partial charge in [0.25, 0.3) is 0 Å². The van der Waals surface area contributed by atoms with Crippen molar-refractivity contribution in [3.63, 3.8) is 0 Å². The number of carbonyl (C=O) groups excluding carboxylic acids is 1. The number of carbonyl (C=O) groups is 1. The summed E-state index contributed by atoms with van der Waals surface area (Å²) in [6.07, 6.45) is 0.570. The third-order valence-corrected chi connectivity index (χ3v) is 5.01. The van der Waals surface area contributed by atoms with Gasteiger partial charge in [0.1, 0.15) is 0 Å². The Morgan fingerprint density at radius 2 is 1.48 bits per heavy atom. The van der Waals surface area contributed by atoms with Crippen LogP contribution in [0.15, 0.2) is 12.1 Å². The zero-order chi connectivity index (χ0) is 17.6. The third-order valence-electron chi connectivity index (χ3n) is 5.01. The van der Waals surface area contributed by atoms with Crippen LogP contribution in [0.25, 0.3) is 0 Å². The summed E-state index contributed by atoms with van der Waals surface area (Å²) >= 11 is 0. The van der Waals surface area contributed by atoms with E-state index in [1.54, 1.807) is 0 Å². The van der Waals surface area contributed by atoms with Crippen LogP contribution in [-0.4, -0.2) is 96.5 Å². The minimum Gasteiger partial charge on any atom is -0.395 e. The van der Waals surface area contributed by atoms with Gasteiger partial charge >= 0.3 is 0 Å². The van der Waals surface area contributed by atoms with Crippen molar-refractivity contribution in [2.45, 2.75) is 13.3 Å². The lowest BCUT2D eigenvalue weighted by atomic mass is 10.2. The van der Waals surface area contributed by atoms with Crippen LogP contribution in [0, 0.1) is 0 Å². The molecule has 0 aliphatic carbocycles. The number of aliphatic hydroxyl groups excluding tert-OH is 1. The van der Waals surface area contributed by atoms with E-state index in [1.165, 1.54) is 0 Å². The van der Waals surface area contributed by atoms with E-state index in [0.29, 0.717) is 6.42 Å². The van der Waals surface area contributed by atoms with Gasteiger partial charge in [-0.3, -0.25) is 9.69 Å². The fourth-order valence-corrected chi connectivity index (χ4v) is 3.41. The molecule has 0 atom stereocenters. The summed E-state index contributed by atoms with van der Waals surface area (Å²) in [5.41, 5.74) is 0. The van der Waals surface area contributed by atoms with Crippen LogP contribution in [-0.2, 0) is 4.79 Å². The summed E-state index contributed by atoms with van der Waals surface area (Å²) in [6.45, 7) is 9.68. The second-order valence-corrected chi connectivity index (χ2v) is 6.52. The standard InChI is InChI=1S/C17H28N6O2/c1-2-17(25)23-11-9-22(10-12-23)16-4-3-15(18-19-16)21-7-5-20(6-8-21)13-14-24/h3-4,24H,2,5-14H2,1H3.